The minimum absolute atomic E-state index is 0.0653. The maximum absolute atomic E-state index is 12.8. The number of hydrogen-bond acceptors (Lipinski definition) is 2. The zero-order chi connectivity index (χ0) is 12.0. The highest BCUT2D eigenvalue weighted by Gasteiger charge is 2.10. The third-order valence-electron chi connectivity index (χ3n) is 1.92. The summed E-state index contributed by atoms with van der Waals surface area (Å²) in [5, 5.41) is 11.9. The van der Waals surface area contributed by atoms with Gasteiger partial charge in [-0.1, -0.05) is 0 Å². The molecule has 0 aliphatic heterocycles. The van der Waals surface area contributed by atoms with Gasteiger partial charge in [-0.3, -0.25) is 4.79 Å². The fraction of sp³-hybridized carbons (Fsp3) is 0.250. The second-order valence-corrected chi connectivity index (χ2v) is 3.09. The summed E-state index contributed by atoms with van der Waals surface area (Å²) in [4.78, 5) is 11.5. The Balaban J connectivity index is 2.64. The van der Waals surface area contributed by atoms with Crippen molar-refractivity contribution in [1.29, 1.82) is 0 Å². The molecule has 4 heteroatoms. The van der Waals surface area contributed by atoms with E-state index in [-0.39, 0.29) is 11.3 Å². The van der Waals surface area contributed by atoms with Crippen molar-refractivity contribution in [3.63, 3.8) is 0 Å². The van der Waals surface area contributed by atoms with Gasteiger partial charge in [-0.05, 0) is 25.1 Å². The van der Waals surface area contributed by atoms with Gasteiger partial charge in [0.2, 0.25) is 0 Å². The fourth-order valence-corrected chi connectivity index (χ4v) is 1.15. The third-order valence-corrected chi connectivity index (χ3v) is 1.92. The highest BCUT2D eigenvalue weighted by Crippen LogP contribution is 2.17. The summed E-state index contributed by atoms with van der Waals surface area (Å²) in [5.74, 6) is 4.17. The molecule has 0 aliphatic carbocycles. The number of phenols is 1. The van der Waals surface area contributed by atoms with E-state index in [1.54, 1.807) is 6.92 Å². The Bertz CT molecular complexity index is 446. The number of nitrogens with one attached hydrogen (secondary N) is 1. The molecule has 1 aromatic carbocycles. The molecule has 84 valence electrons. The molecule has 1 aromatic rings. The van der Waals surface area contributed by atoms with Crippen LogP contribution in [0.1, 0.15) is 23.7 Å². The lowest BCUT2D eigenvalue weighted by Crippen LogP contribution is -2.24. The Labute approximate surface area is 93.3 Å². The van der Waals surface area contributed by atoms with Crippen molar-refractivity contribution in [2.24, 2.45) is 0 Å². The molecule has 0 bridgehead atoms. The van der Waals surface area contributed by atoms with Crippen LogP contribution in [0.25, 0.3) is 0 Å². The highest BCUT2D eigenvalue weighted by atomic mass is 19.1. The summed E-state index contributed by atoms with van der Waals surface area (Å²) >= 11 is 0. The third kappa shape index (κ3) is 3.28. The molecule has 0 unspecified atom stereocenters. The van der Waals surface area contributed by atoms with Gasteiger partial charge in [0.1, 0.15) is 11.6 Å². The van der Waals surface area contributed by atoms with Crippen LogP contribution in [-0.4, -0.2) is 17.6 Å². The van der Waals surface area contributed by atoms with Crippen LogP contribution in [0.4, 0.5) is 4.39 Å². The molecule has 0 fully saturated rings. The minimum atomic E-state index is -0.559. The van der Waals surface area contributed by atoms with Gasteiger partial charge in [0.15, 0.2) is 0 Å². The molecule has 1 rings (SSSR count). The average molecular weight is 221 g/mol. The van der Waals surface area contributed by atoms with Crippen LogP contribution in [0.2, 0.25) is 0 Å². The van der Waals surface area contributed by atoms with Crippen LogP contribution in [0, 0.1) is 17.7 Å². The second-order valence-electron chi connectivity index (χ2n) is 3.09. The topological polar surface area (TPSA) is 49.3 Å². The summed E-state index contributed by atoms with van der Waals surface area (Å²) in [6.45, 7) is 2.08. The molecule has 0 spiro atoms. The molecule has 0 aliphatic rings. The normalized spacial score (nSPS) is 9.12. The highest BCUT2D eigenvalue weighted by molar-refractivity contribution is 5.96. The average Bonchev–Trinajstić information content (AvgIpc) is 2.27. The van der Waals surface area contributed by atoms with Gasteiger partial charge in [-0.15, -0.1) is 11.8 Å². The Morgan fingerprint density at radius 2 is 2.31 bits per heavy atom. The Morgan fingerprint density at radius 1 is 1.56 bits per heavy atom. The maximum atomic E-state index is 12.8. The molecule has 0 radical (unpaired) electrons. The molecule has 3 nitrogen and oxygen atoms in total. The number of phenolic OH excluding ortho intramolecular Hbond substituents is 1. The van der Waals surface area contributed by atoms with Gasteiger partial charge in [0.05, 0.1) is 5.56 Å². The van der Waals surface area contributed by atoms with Crippen LogP contribution >= 0.6 is 0 Å². The van der Waals surface area contributed by atoms with Crippen LogP contribution in [0.3, 0.4) is 0 Å². The lowest BCUT2D eigenvalue weighted by atomic mass is 10.2. The van der Waals surface area contributed by atoms with Crippen molar-refractivity contribution in [1.82, 2.24) is 5.32 Å². The van der Waals surface area contributed by atoms with Gasteiger partial charge < -0.3 is 10.4 Å². The van der Waals surface area contributed by atoms with Crippen molar-refractivity contribution in [2.75, 3.05) is 6.54 Å². The number of benzene rings is 1. The number of carbonyl (C=O) groups excluding carboxylic acids is 1. The van der Waals surface area contributed by atoms with Crippen molar-refractivity contribution in [2.45, 2.75) is 13.3 Å². The number of carbonyl (C=O) groups is 1. The first-order chi connectivity index (χ1) is 7.65. The van der Waals surface area contributed by atoms with Crippen LogP contribution in [-0.2, 0) is 0 Å². The zero-order valence-corrected chi connectivity index (χ0v) is 8.88. The molecular formula is C12H12FNO2. The van der Waals surface area contributed by atoms with E-state index < -0.39 is 11.7 Å². The van der Waals surface area contributed by atoms with E-state index in [9.17, 15) is 14.3 Å². The quantitative estimate of drug-likeness (QED) is 0.602. The van der Waals surface area contributed by atoms with E-state index in [0.717, 1.165) is 18.2 Å². The van der Waals surface area contributed by atoms with Crippen molar-refractivity contribution >= 4 is 5.91 Å². The summed E-state index contributed by atoms with van der Waals surface area (Å²) < 4.78 is 12.8. The van der Waals surface area contributed by atoms with E-state index in [1.165, 1.54) is 0 Å². The number of amides is 1. The number of aromatic hydroxyl groups is 1. The molecule has 0 atom stereocenters. The molecule has 0 heterocycles. The smallest absolute Gasteiger partial charge is 0.255 e. The largest absolute Gasteiger partial charge is 0.507 e. The van der Waals surface area contributed by atoms with E-state index in [2.05, 4.69) is 17.2 Å². The van der Waals surface area contributed by atoms with Gasteiger partial charge in [0, 0.05) is 13.0 Å². The van der Waals surface area contributed by atoms with Gasteiger partial charge in [0.25, 0.3) is 5.91 Å². The Morgan fingerprint density at radius 3 is 3.00 bits per heavy atom. The predicted octanol–water partition coefficient (Wildman–Crippen LogP) is 1.67. The van der Waals surface area contributed by atoms with Gasteiger partial charge in [-0.25, -0.2) is 4.39 Å². The van der Waals surface area contributed by atoms with Gasteiger partial charge >= 0.3 is 0 Å². The number of halogens is 1. The molecule has 2 N–H and O–H groups in total. The summed E-state index contributed by atoms with van der Waals surface area (Å²) in [6.07, 6.45) is 0.526. The molecule has 0 saturated heterocycles. The predicted molar refractivity (Wildman–Crippen MR) is 58.5 cm³/mol. The first kappa shape index (κ1) is 12.1. The van der Waals surface area contributed by atoms with Crippen LogP contribution in [0.5, 0.6) is 5.75 Å². The van der Waals surface area contributed by atoms with Crippen LogP contribution in [0.15, 0.2) is 18.2 Å². The molecule has 0 saturated carbocycles. The Kier molecular flexibility index (Phi) is 4.34. The Hall–Kier alpha value is -2.02. The maximum Gasteiger partial charge on any atom is 0.255 e. The van der Waals surface area contributed by atoms with Crippen molar-refractivity contribution < 1.29 is 14.3 Å². The van der Waals surface area contributed by atoms with E-state index in [1.807, 2.05) is 0 Å². The molecule has 0 aromatic heterocycles. The second kappa shape index (κ2) is 5.76. The van der Waals surface area contributed by atoms with Crippen LogP contribution < -0.4 is 5.32 Å². The SMILES string of the molecule is CC#CCCNC(=O)c1cc(F)ccc1O. The fourth-order valence-electron chi connectivity index (χ4n) is 1.15. The zero-order valence-electron chi connectivity index (χ0n) is 8.88. The summed E-state index contributed by atoms with van der Waals surface area (Å²) in [7, 11) is 0. The van der Waals surface area contributed by atoms with Crippen molar-refractivity contribution in [3.05, 3.63) is 29.6 Å². The first-order valence-corrected chi connectivity index (χ1v) is 4.81. The first-order valence-electron chi connectivity index (χ1n) is 4.81. The summed E-state index contributed by atoms with van der Waals surface area (Å²) in [6, 6.07) is 3.24. The number of hydrogen-bond donors (Lipinski definition) is 2. The monoisotopic (exact) mass is 221 g/mol. The van der Waals surface area contributed by atoms with E-state index in [4.69, 9.17) is 0 Å². The molecule has 1 amide bonds. The van der Waals surface area contributed by atoms with Gasteiger partial charge in [-0.2, -0.15) is 0 Å². The number of rotatable bonds is 3. The summed E-state index contributed by atoms with van der Waals surface area (Å²) in [5.41, 5.74) is -0.0653. The van der Waals surface area contributed by atoms with E-state index in [0.29, 0.717) is 13.0 Å². The molecule has 16 heavy (non-hydrogen) atoms. The van der Waals surface area contributed by atoms with E-state index >= 15 is 0 Å². The minimum Gasteiger partial charge on any atom is -0.507 e. The standard InChI is InChI=1S/C12H12FNO2/c1-2-3-4-7-14-12(16)10-8-9(13)5-6-11(10)15/h5-6,8,15H,4,7H2,1H3,(H,14,16). The van der Waals surface area contributed by atoms with Crippen molar-refractivity contribution in [3.8, 4) is 17.6 Å². The molecular weight excluding hydrogens is 209 g/mol. The lowest BCUT2D eigenvalue weighted by molar-refractivity contribution is 0.0951. The lowest BCUT2D eigenvalue weighted by Gasteiger charge is -2.05.